The Morgan fingerprint density at radius 1 is 0.915 bits per heavy atom. The maximum atomic E-state index is 12.9. The van der Waals surface area contributed by atoms with Crippen molar-refractivity contribution in [3.05, 3.63) is 58.3 Å². The van der Waals surface area contributed by atoms with Crippen LogP contribution in [0.25, 0.3) is 11.3 Å². The number of amides is 2. The summed E-state index contributed by atoms with van der Waals surface area (Å²) >= 11 is 12.7. The van der Waals surface area contributed by atoms with Crippen LogP contribution in [0.2, 0.25) is 10.0 Å². The number of carbonyl (C=O) groups is 2. The van der Waals surface area contributed by atoms with Crippen molar-refractivity contribution in [2.75, 3.05) is 63.9 Å². The van der Waals surface area contributed by atoms with Crippen LogP contribution in [0.1, 0.15) is 38.2 Å². The topological polar surface area (TPSA) is 113 Å². The van der Waals surface area contributed by atoms with E-state index in [9.17, 15) is 9.59 Å². The Kier molecular flexibility index (Phi) is 11.1. The smallest absolute Gasteiger partial charge is 0.225 e. The first-order valence-electron chi connectivity index (χ1n) is 16.3. The summed E-state index contributed by atoms with van der Waals surface area (Å²) in [6.07, 6.45) is 6.97. The quantitative estimate of drug-likeness (QED) is 0.331. The highest BCUT2D eigenvalue weighted by Crippen LogP contribution is 2.31. The number of benzene rings is 1. The number of hydrogen-bond acceptors (Lipinski definition) is 9. The zero-order valence-electron chi connectivity index (χ0n) is 26.7. The molecule has 13 heteroatoms. The molecule has 6 rings (SSSR count). The van der Waals surface area contributed by atoms with Gasteiger partial charge in [-0.2, -0.15) is 0 Å². The third kappa shape index (κ3) is 9.10. The van der Waals surface area contributed by atoms with Crippen LogP contribution in [0.5, 0.6) is 11.6 Å². The van der Waals surface area contributed by atoms with Gasteiger partial charge in [-0.05, 0) is 74.5 Å². The minimum atomic E-state index is 0.0163. The SMILES string of the molecule is CC(=O)NCC1CCN(Cc2cc(Oc3cnc(N4CCN(C(=O)C5CCOCC5)CC4)nc3)nc(-c3cc(Cl)cc(Cl)c3)c2)CC1. The van der Waals surface area contributed by atoms with E-state index in [2.05, 4.69) is 25.1 Å². The summed E-state index contributed by atoms with van der Waals surface area (Å²) < 4.78 is 11.6. The van der Waals surface area contributed by atoms with E-state index in [-0.39, 0.29) is 17.7 Å². The van der Waals surface area contributed by atoms with Gasteiger partial charge >= 0.3 is 0 Å². The summed E-state index contributed by atoms with van der Waals surface area (Å²) in [6, 6.07) is 9.37. The maximum Gasteiger partial charge on any atom is 0.225 e. The lowest BCUT2D eigenvalue weighted by Gasteiger charge is -2.37. The number of nitrogens with one attached hydrogen (secondary N) is 1. The van der Waals surface area contributed by atoms with Gasteiger partial charge in [0.1, 0.15) is 0 Å². The molecule has 11 nitrogen and oxygen atoms in total. The van der Waals surface area contributed by atoms with Crippen LogP contribution in [-0.2, 0) is 20.9 Å². The first kappa shape index (κ1) is 33.4. The molecule has 0 unspecified atom stereocenters. The van der Waals surface area contributed by atoms with Crippen molar-refractivity contribution in [1.82, 2.24) is 30.1 Å². The molecule has 3 aromatic rings. The summed E-state index contributed by atoms with van der Waals surface area (Å²) in [7, 11) is 0. The van der Waals surface area contributed by atoms with Gasteiger partial charge in [-0.25, -0.2) is 15.0 Å². The minimum Gasteiger partial charge on any atom is -0.436 e. The third-order valence-corrected chi connectivity index (χ3v) is 9.49. The molecule has 1 aromatic carbocycles. The first-order valence-corrected chi connectivity index (χ1v) is 17.1. The van der Waals surface area contributed by atoms with Crippen molar-refractivity contribution in [3.8, 4) is 22.9 Å². The molecular weight excluding hydrogens is 641 g/mol. The number of pyridine rings is 1. The fourth-order valence-corrected chi connectivity index (χ4v) is 6.95. The lowest BCUT2D eigenvalue weighted by atomic mass is 9.96. The maximum absolute atomic E-state index is 12.9. The van der Waals surface area contributed by atoms with Gasteiger partial charge in [0.15, 0.2) is 5.75 Å². The Balaban J connectivity index is 1.11. The average Bonchev–Trinajstić information content (AvgIpc) is 3.08. The Bertz CT molecular complexity index is 1520. The number of halogens is 2. The molecule has 5 heterocycles. The fraction of sp³-hybridized carbons (Fsp3) is 0.500. The van der Waals surface area contributed by atoms with Crippen LogP contribution in [-0.4, -0.2) is 95.6 Å². The molecule has 1 N–H and O–H groups in total. The Morgan fingerprint density at radius 2 is 1.60 bits per heavy atom. The number of hydrogen-bond donors (Lipinski definition) is 1. The molecule has 2 amide bonds. The number of anilines is 1. The highest BCUT2D eigenvalue weighted by atomic mass is 35.5. The van der Waals surface area contributed by atoms with Crippen molar-refractivity contribution in [2.45, 2.75) is 39.2 Å². The lowest BCUT2D eigenvalue weighted by molar-refractivity contribution is -0.138. The third-order valence-electron chi connectivity index (χ3n) is 9.05. The molecule has 0 spiro atoms. The molecule has 3 saturated heterocycles. The number of piperazine rings is 1. The van der Waals surface area contributed by atoms with E-state index in [1.165, 1.54) is 0 Å². The van der Waals surface area contributed by atoms with Crippen LogP contribution in [0.3, 0.4) is 0 Å². The van der Waals surface area contributed by atoms with E-state index in [0.29, 0.717) is 78.6 Å². The minimum absolute atomic E-state index is 0.0163. The van der Waals surface area contributed by atoms with Gasteiger partial charge in [-0.1, -0.05) is 23.2 Å². The van der Waals surface area contributed by atoms with Gasteiger partial charge < -0.3 is 24.6 Å². The number of carbonyl (C=O) groups excluding carboxylic acids is 2. The van der Waals surface area contributed by atoms with Crippen molar-refractivity contribution < 1.29 is 19.1 Å². The standard InChI is InChI=1S/C34H41Cl2N7O4/c1-23(44)37-19-24-2-6-41(7-3-24)22-25-14-31(27-16-28(35)18-29(36)17-27)40-32(15-25)47-30-20-38-34(39-21-30)43-10-8-42(9-11-43)33(45)26-4-12-46-13-5-26/h14-18,20-21,24,26H,2-13,19,22H2,1H3,(H,37,44). The molecule has 2 aromatic heterocycles. The zero-order chi connectivity index (χ0) is 32.8. The molecule has 0 bridgehead atoms. The largest absolute Gasteiger partial charge is 0.436 e. The van der Waals surface area contributed by atoms with E-state index in [1.807, 2.05) is 29.2 Å². The molecule has 3 aliphatic heterocycles. The summed E-state index contributed by atoms with van der Waals surface area (Å²) in [4.78, 5) is 44.7. The molecular formula is C34H41Cl2N7O4. The zero-order valence-corrected chi connectivity index (χ0v) is 28.2. The number of nitrogens with zero attached hydrogens (tertiary/aromatic N) is 6. The van der Waals surface area contributed by atoms with E-state index >= 15 is 0 Å². The molecule has 3 aliphatic rings. The monoisotopic (exact) mass is 681 g/mol. The van der Waals surface area contributed by atoms with Gasteiger partial charge in [0.25, 0.3) is 0 Å². The Morgan fingerprint density at radius 3 is 2.26 bits per heavy atom. The van der Waals surface area contributed by atoms with Gasteiger partial charge in [-0.3, -0.25) is 14.5 Å². The Labute approximate surface area is 285 Å². The van der Waals surface area contributed by atoms with Gasteiger partial charge in [0, 0.05) is 87.0 Å². The number of aromatic nitrogens is 3. The highest BCUT2D eigenvalue weighted by molar-refractivity contribution is 6.35. The number of likely N-dealkylation sites (tertiary alicyclic amines) is 1. The molecule has 47 heavy (non-hydrogen) atoms. The van der Waals surface area contributed by atoms with Crippen LogP contribution in [0, 0.1) is 11.8 Å². The lowest BCUT2D eigenvalue weighted by Crippen LogP contribution is -2.51. The second-order valence-corrected chi connectivity index (χ2v) is 13.4. The van der Waals surface area contributed by atoms with Crippen LogP contribution < -0.4 is 15.0 Å². The van der Waals surface area contributed by atoms with Crippen molar-refractivity contribution in [2.24, 2.45) is 11.8 Å². The van der Waals surface area contributed by atoms with Crippen molar-refractivity contribution in [1.29, 1.82) is 0 Å². The molecule has 0 aliphatic carbocycles. The summed E-state index contributed by atoms with van der Waals surface area (Å²) in [5.41, 5.74) is 2.55. The molecule has 0 atom stereocenters. The van der Waals surface area contributed by atoms with Crippen LogP contribution in [0.15, 0.2) is 42.7 Å². The number of ether oxygens (including phenoxy) is 2. The fourth-order valence-electron chi connectivity index (χ4n) is 6.42. The van der Waals surface area contributed by atoms with Gasteiger partial charge in [-0.15, -0.1) is 0 Å². The first-order chi connectivity index (χ1) is 22.8. The molecule has 250 valence electrons. The molecule has 0 radical (unpaired) electrons. The van der Waals surface area contributed by atoms with E-state index < -0.39 is 0 Å². The van der Waals surface area contributed by atoms with Crippen molar-refractivity contribution in [3.63, 3.8) is 0 Å². The summed E-state index contributed by atoms with van der Waals surface area (Å²) in [5, 5.41) is 4.01. The number of piperidine rings is 1. The highest BCUT2D eigenvalue weighted by Gasteiger charge is 2.29. The van der Waals surface area contributed by atoms with E-state index in [1.54, 1.807) is 25.4 Å². The van der Waals surface area contributed by atoms with E-state index in [4.69, 9.17) is 37.7 Å². The number of rotatable bonds is 9. The van der Waals surface area contributed by atoms with Crippen molar-refractivity contribution >= 4 is 41.0 Å². The average molecular weight is 683 g/mol. The van der Waals surface area contributed by atoms with Gasteiger partial charge in [0.05, 0.1) is 18.1 Å². The molecule has 0 saturated carbocycles. The predicted molar refractivity (Wildman–Crippen MR) is 181 cm³/mol. The van der Waals surface area contributed by atoms with Crippen LogP contribution >= 0.6 is 23.2 Å². The Hall–Kier alpha value is -3.51. The second-order valence-electron chi connectivity index (χ2n) is 12.5. The predicted octanol–water partition coefficient (Wildman–Crippen LogP) is 5.06. The summed E-state index contributed by atoms with van der Waals surface area (Å²) in [6.45, 7) is 8.87. The summed E-state index contributed by atoms with van der Waals surface area (Å²) in [5.74, 6) is 2.31. The second kappa shape index (κ2) is 15.6. The normalized spacial score (nSPS) is 18.3. The molecule has 3 fully saturated rings. The van der Waals surface area contributed by atoms with Crippen LogP contribution in [0.4, 0.5) is 5.95 Å². The van der Waals surface area contributed by atoms with Gasteiger partial charge in [0.2, 0.25) is 23.6 Å². The van der Waals surface area contributed by atoms with E-state index in [0.717, 1.165) is 63.0 Å².